The van der Waals surface area contributed by atoms with Crippen LogP contribution in [0.25, 0.3) is 0 Å². The van der Waals surface area contributed by atoms with E-state index in [1.165, 1.54) is 28.8 Å². The molecule has 0 heterocycles. The third-order valence-electron chi connectivity index (χ3n) is 3.57. The van der Waals surface area contributed by atoms with Crippen LogP contribution in [0.5, 0.6) is 0 Å². The minimum absolute atomic E-state index is 0.0268. The van der Waals surface area contributed by atoms with E-state index in [1.807, 2.05) is 31.2 Å². The average molecular weight is 360 g/mol. The molecule has 0 spiro atoms. The number of carbonyl (C=O) groups is 2. The molecule has 6 heteroatoms. The number of aryl methyl sites for hydroxylation is 1. The quantitative estimate of drug-likeness (QED) is 0.799. The number of halogens is 1. The molecule has 0 aliphatic rings. The van der Waals surface area contributed by atoms with Crippen LogP contribution in [-0.2, 0) is 9.59 Å². The average Bonchev–Trinajstić information content (AvgIpc) is 2.58. The first-order valence-electron chi connectivity index (χ1n) is 7.89. The van der Waals surface area contributed by atoms with Crippen molar-refractivity contribution in [1.29, 1.82) is 0 Å². The molecule has 4 nitrogen and oxygen atoms in total. The maximum atomic E-state index is 12.9. The second-order valence-corrected chi connectivity index (χ2v) is 7.24. The Kier molecular flexibility index (Phi) is 6.58. The fourth-order valence-electron chi connectivity index (χ4n) is 2.21. The molecule has 1 N–H and O–H groups in total. The van der Waals surface area contributed by atoms with Crippen molar-refractivity contribution in [2.24, 2.45) is 0 Å². The van der Waals surface area contributed by atoms with Gasteiger partial charge in [0.2, 0.25) is 11.8 Å². The van der Waals surface area contributed by atoms with Gasteiger partial charge < -0.3 is 10.2 Å². The van der Waals surface area contributed by atoms with E-state index < -0.39 is 0 Å². The van der Waals surface area contributed by atoms with Gasteiger partial charge in [-0.2, -0.15) is 0 Å². The highest BCUT2D eigenvalue weighted by Gasteiger charge is 2.20. The Balaban J connectivity index is 1.86. The molecule has 132 valence electrons. The van der Waals surface area contributed by atoms with Crippen LogP contribution >= 0.6 is 11.8 Å². The largest absolute Gasteiger partial charge is 0.335 e. The molecule has 25 heavy (non-hydrogen) atoms. The molecule has 0 aliphatic heterocycles. The summed E-state index contributed by atoms with van der Waals surface area (Å²) < 4.78 is 12.9. The molecule has 0 saturated heterocycles. The lowest BCUT2D eigenvalue weighted by Gasteiger charge is -2.20. The van der Waals surface area contributed by atoms with Crippen LogP contribution in [0.3, 0.4) is 0 Å². The van der Waals surface area contributed by atoms with Gasteiger partial charge in [-0.05, 0) is 50.2 Å². The number of carbonyl (C=O) groups excluding carboxylic acids is 2. The first-order valence-corrected chi connectivity index (χ1v) is 8.77. The molecular formula is C19H21FN2O2S. The predicted octanol–water partition coefficient (Wildman–Crippen LogP) is 3.71. The summed E-state index contributed by atoms with van der Waals surface area (Å²) in [7, 11) is 1.60. The minimum atomic E-state index is -0.373. The zero-order chi connectivity index (χ0) is 18.4. The Labute approximate surface area is 151 Å². The Hall–Kier alpha value is -2.34. The van der Waals surface area contributed by atoms with Crippen LogP contribution in [0.15, 0.2) is 53.4 Å². The standard InChI is InChI=1S/C19H21FN2O2S/c1-13-4-8-16(9-5-13)21-18(23)12-22(3)19(24)14(2)25-17-10-6-15(20)7-11-17/h4-11,14H,12H2,1-3H3,(H,21,23)/t14-/m0/s1. The molecule has 0 bridgehead atoms. The molecular weight excluding hydrogens is 339 g/mol. The molecule has 0 unspecified atom stereocenters. The highest BCUT2D eigenvalue weighted by Crippen LogP contribution is 2.24. The zero-order valence-corrected chi connectivity index (χ0v) is 15.3. The van der Waals surface area contributed by atoms with Crippen LogP contribution in [0.2, 0.25) is 0 Å². The van der Waals surface area contributed by atoms with Crippen LogP contribution in [0.4, 0.5) is 10.1 Å². The fraction of sp³-hybridized carbons (Fsp3) is 0.263. The summed E-state index contributed by atoms with van der Waals surface area (Å²) in [5.74, 6) is -0.722. The van der Waals surface area contributed by atoms with Crippen molar-refractivity contribution in [3.63, 3.8) is 0 Å². The summed E-state index contributed by atoms with van der Waals surface area (Å²) in [4.78, 5) is 26.7. The number of anilines is 1. The lowest BCUT2D eigenvalue weighted by molar-refractivity contribution is -0.132. The number of amides is 2. The number of hydrogen-bond donors (Lipinski definition) is 1. The normalized spacial score (nSPS) is 11.7. The van der Waals surface area contributed by atoms with Gasteiger partial charge in [-0.25, -0.2) is 4.39 Å². The Morgan fingerprint density at radius 3 is 2.32 bits per heavy atom. The maximum absolute atomic E-state index is 12.9. The van der Waals surface area contributed by atoms with E-state index >= 15 is 0 Å². The van der Waals surface area contributed by atoms with E-state index in [1.54, 1.807) is 26.1 Å². The van der Waals surface area contributed by atoms with Crippen molar-refractivity contribution in [1.82, 2.24) is 4.90 Å². The molecule has 0 radical (unpaired) electrons. The van der Waals surface area contributed by atoms with Gasteiger partial charge in [-0.3, -0.25) is 9.59 Å². The Morgan fingerprint density at radius 1 is 1.12 bits per heavy atom. The molecule has 1 atom stereocenters. The first kappa shape index (κ1) is 19.0. The molecule has 0 aliphatic carbocycles. The number of thioether (sulfide) groups is 1. The van der Waals surface area contributed by atoms with Crippen LogP contribution in [-0.4, -0.2) is 35.6 Å². The Bertz CT molecular complexity index is 732. The zero-order valence-electron chi connectivity index (χ0n) is 14.5. The van der Waals surface area contributed by atoms with E-state index in [0.29, 0.717) is 5.69 Å². The molecule has 0 fully saturated rings. The summed E-state index contributed by atoms with van der Waals surface area (Å²) >= 11 is 1.33. The molecule has 2 aromatic rings. The van der Waals surface area contributed by atoms with Crippen molar-refractivity contribution in [2.45, 2.75) is 24.0 Å². The molecule has 2 aromatic carbocycles. The summed E-state index contributed by atoms with van der Waals surface area (Å²) in [5, 5.41) is 2.40. The van der Waals surface area contributed by atoms with E-state index in [0.717, 1.165) is 10.5 Å². The van der Waals surface area contributed by atoms with Gasteiger partial charge in [0.15, 0.2) is 0 Å². The number of likely N-dealkylation sites (N-methyl/N-ethyl adjacent to an activating group) is 1. The number of hydrogen-bond acceptors (Lipinski definition) is 3. The van der Waals surface area contributed by atoms with E-state index in [-0.39, 0.29) is 29.4 Å². The minimum Gasteiger partial charge on any atom is -0.335 e. The fourth-order valence-corrected chi connectivity index (χ4v) is 3.19. The third-order valence-corrected chi connectivity index (χ3v) is 4.67. The van der Waals surface area contributed by atoms with Gasteiger partial charge in [-0.1, -0.05) is 17.7 Å². The molecule has 0 aromatic heterocycles. The summed E-state index contributed by atoms with van der Waals surface area (Å²) in [6.07, 6.45) is 0. The van der Waals surface area contributed by atoms with Crippen LogP contribution in [0, 0.1) is 12.7 Å². The van der Waals surface area contributed by atoms with Crippen molar-refractivity contribution < 1.29 is 14.0 Å². The smallest absolute Gasteiger partial charge is 0.243 e. The maximum Gasteiger partial charge on any atom is 0.243 e. The van der Waals surface area contributed by atoms with Gasteiger partial charge in [0.25, 0.3) is 0 Å². The van der Waals surface area contributed by atoms with E-state index in [2.05, 4.69) is 5.32 Å². The highest BCUT2D eigenvalue weighted by molar-refractivity contribution is 8.00. The van der Waals surface area contributed by atoms with Crippen molar-refractivity contribution in [3.05, 3.63) is 59.9 Å². The van der Waals surface area contributed by atoms with Crippen LogP contribution in [0.1, 0.15) is 12.5 Å². The summed E-state index contributed by atoms with van der Waals surface area (Å²) in [5.41, 5.74) is 1.81. The van der Waals surface area contributed by atoms with Crippen molar-refractivity contribution in [2.75, 3.05) is 18.9 Å². The van der Waals surface area contributed by atoms with Crippen LogP contribution < -0.4 is 5.32 Å². The SMILES string of the molecule is Cc1ccc(NC(=O)CN(C)C(=O)[C@H](C)Sc2ccc(F)cc2)cc1. The monoisotopic (exact) mass is 360 g/mol. The van der Waals surface area contributed by atoms with Crippen molar-refractivity contribution in [3.8, 4) is 0 Å². The van der Waals surface area contributed by atoms with Gasteiger partial charge in [0, 0.05) is 17.6 Å². The second-order valence-electron chi connectivity index (χ2n) is 5.82. The predicted molar refractivity (Wildman–Crippen MR) is 99.2 cm³/mol. The molecule has 0 saturated carbocycles. The summed E-state index contributed by atoms with van der Waals surface area (Å²) in [6.45, 7) is 3.71. The van der Waals surface area contributed by atoms with Gasteiger partial charge >= 0.3 is 0 Å². The van der Waals surface area contributed by atoms with Gasteiger partial charge in [-0.15, -0.1) is 11.8 Å². The first-order chi connectivity index (χ1) is 11.8. The van der Waals surface area contributed by atoms with Crippen molar-refractivity contribution >= 4 is 29.3 Å². The number of nitrogens with zero attached hydrogens (tertiary/aromatic N) is 1. The Morgan fingerprint density at radius 2 is 1.72 bits per heavy atom. The highest BCUT2D eigenvalue weighted by atomic mass is 32.2. The third kappa shape index (κ3) is 5.90. The molecule has 2 amide bonds. The number of nitrogens with one attached hydrogen (secondary N) is 1. The van der Waals surface area contributed by atoms with E-state index in [4.69, 9.17) is 0 Å². The topological polar surface area (TPSA) is 49.4 Å². The lowest BCUT2D eigenvalue weighted by Crippen LogP contribution is -2.38. The number of rotatable bonds is 6. The van der Waals surface area contributed by atoms with Gasteiger partial charge in [0.05, 0.1) is 11.8 Å². The van der Waals surface area contributed by atoms with Gasteiger partial charge in [0.1, 0.15) is 5.82 Å². The lowest BCUT2D eigenvalue weighted by atomic mass is 10.2. The second kappa shape index (κ2) is 8.67. The van der Waals surface area contributed by atoms with E-state index in [9.17, 15) is 14.0 Å². The summed E-state index contributed by atoms with van der Waals surface area (Å²) in [6, 6.07) is 13.4. The number of benzene rings is 2. The molecule has 2 rings (SSSR count).